The zero-order valence-electron chi connectivity index (χ0n) is 26.5. The average Bonchev–Trinajstić information content (AvgIpc) is 3.36. The quantitative estimate of drug-likeness (QED) is 0.174. The van der Waals surface area contributed by atoms with Crippen LogP contribution in [0.3, 0.4) is 0 Å². The molecule has 0 saturated carbocycles. The Kier molecular flexibility index (Phi) is 12.8. The summed E-state index contributed by atoms with van der Waals surface area (Å²) in [5, 5.41) is 5.52. The molecule has 260 valence electrons. The number of benzene rings is 4. The summed E-state index contributed by atoms with van der Waals surface area (Å²) < 4.78 is 66.4. The zero-order valence-corrected chi connectivity index (χ0v) is 32.1. The number of piperazine rings is 1. The molecule has 0 unspecified atom stereocenters. The van der Waals surface area contributed by atoms with Crippen LogP contribution in [-0.2, 0) is 20.0 Å². The number of nitrogens with zero attached hydrogens (tertiary/aromatic N) is 3. The van der Waals surface area contributed by atoms with Crippen LogP contribution in [0.15, 0.2) is 81.9 Å². The van der Waals surface area contributed by atoms with Crippen molar-refractivity contribution in [2.45, 2.75) is 16.0 Å². The van der Waals surface area contributed by atoms with Crippen molar-refractivity contribution in [1.82, 2.24) is 5.32 Å². The molecule has 1 aliphatic rings. The van der Waals surface area contributed by atoms with E-state index in [0.29, 0.717) is 59.7 Å². The van der Waals surface area contributed by atoms with Crippen LogP contribution in [0.1, 0.15) is 5.56 Å². The van der Waals surface area contributed by atoms with Crippen molar-refractivity contribution in [2.24, 2.45) is 0 Å². The van der Waals surface area contributed by atoms with Gasteiger partial charge in [-0.15, -0.1) is 48.6 Å². The third-order valence-electron chi connectivity index (χ3n) is 7.98. The van der Waals surface area contributed by atoms with Crippen molar-refractivity contribution in [2.75, 3.05) is 60.9 Å². The van der Waals surface area contributed by atoms with Gasteiger partial charge in [0, 0.05) is 66.5 Å². The highest BCUT2D eigenvalue weighted by Crippen LogP contribution is 2.43. The summed E-state index contributed by atoms with van der Waals surface area (Å²) in [6.45, 7) is 4.41. The maximum Gasteiger partial charge on any atom is 0.287 e. The highest BCUT2D eigenvalue weighted by molar-refractivity contribution is 8.11. The molecule has 0 bridgehead atoms. The molecule has 5 aromatic rings. The highest BCUT2D eigenvalue weighted by Gasteiger charge is 2.40. The molecule has 6 rings (SSSR count). The number of rotatable bonds is 8. The van der Waals surface area contributed by atoms with Crippen LogP contribution >= 0.6 is 60.2 Å². The maximum atomic E-state index is 14.9. The van der Waals surface area contributed by atoms with E-state index in [2.05, 4.69) is 10.2 Å². The number of fused-ring (bicyclic) bond motifs is 2. The van der Waals surface area contributed by atoms with Crippen LogP contribution in [0.25, 0.3) is 20.9 Å². The Morgan fingerprint density at radius 2 is 1.50 bits per heavy atom. The minimum atomic E-state index is -4.72. The Morgan fingerprint density at radius 1 is 0.833 bits per heavy atom. The summed E-state index contributed by atoms with van der Waals surface area (Å²) >= 11 is 7.28. The van der Waals surface area contributed by atoms with Gasteiger partial charge in [0.15, 0.2) is 0 Å². The number of methoxy groups -OCH3 is 1. The molecular formula is C32H36Cl4N4O5S3. The second-order valence-corrected chi connectivity index (χ2v) is 16.4. The van der Waals surface area contributed by atoms with E-state index >= 15 is 0 Å². The van der Waals surface area contributed by atoms with Gasteiger partial charge in [0.1, 0.15) is 9.96 Å². The minimum absolute atomic E-state index is 0. The average molecular weight is 795 g/mol. The molecular weight excluding hydrogens is 758 g/mol. The topological polar surface area (TPSA) is 99.3 Å². The first-order chi connectivity index (χ1) is 21.4. The van der Waals surface area contributed by atoms with Gasteiger partial charge in [0.25, 0.3) is 20.0 Å². The van der Waals surface area contributed by atoms with E-state index in [4.69, 9.17) is 16.3 Å². The number of sulfonamides is 2. The fourth-order valence-corrected chi connectivity index (χ4v) is 11.8. The Hall–Kier alpha value is -2.68. The fourth-order valence-electron chi connectivity index (χ4n) is 5.81. The van der Waals surface area contributed by atoms with Gasteiger partial charge in [-0.1, -0.05) is 35.9 Å². The second kappa shape index (κ2) is 15.5. The summed E-state index contributed by atoms with van der Waals surface area (Å²) in [4.78, 5) is 3.83. The standard InChI is InChI=1S/C32H33ClN4O5S3.3ClH/c1-21-26-19-22(33)11-14-30(26)43-32(21)45(40,41)37(23-12-13-29(42-4)28(20-23)36-17-15-34-16-18-36)44(38,39)31-10-6-7-24-25(31)8-5-9-27(24)35(2)3;;;/h5-14,19-20,34H,15-18H2,1-4H3;3*1H. The lowest BCUT2D eigenvalue weighted by atomic mass is 10.1. The van der Waals surface area contributed by atoms with Crippen molar-refractivity contribution in [3.63, 3.8) is 0 Å². The molecule has 0 spiro atoms. The summed E-state index contributed by atoms with van der Waals surface area (Å²) in [7, 11) is -4.13. The van der Waals surface area contributed by atoms with E-state index in [0.717, 1.165) is 30.1 Å². The van der Waals surface area contributed by atoms with Crippen molar-refractivity contribution in [3.8, 4) is 5.75 Å². The van der Waals surface area contributed by atoms with E-state index < -0.39 is 20.0 Å². The van der Waals surface area contributed by atoms with Crippen LogP contribution in [0.4, 0.5) is 17.1 Å². The maximum absolute atomic E-state index is 14.9. The molecule has 0 amide bonds. The molecule has 1 fully saturated rings. The first-order valence-electron chi connectivity index (χ1n) is 14.3. The van der Waals surface area contributed by atoms with Gasteiger partial charge >= 0.3 is 0 Å². The number of aryl methyl sites for hydroxylation is 1. The Morgan fingerprint density at radius 3 is 2.17 bits per heavy atom. The van der Waals surface area contributed by atoms with E-state index in [1.54, 1.807) is 55.5 Å². The first kappa shape index (κ1) is 39.8. The normalized spacial score (nSPS) is 13.3. The largest absolute Gasteiger partial charge is 0.495 e. The smallest absolute Gasteiger partial charge is 0.287 e. The molecule has 1 aromatic heterocycles. The van der Waals surface area contributed by atoms with Crippen LogP contribution in [0.5, 0.6) is 5.75 Å². The van der Waals surface area contributed by atoms with E-state index in [-0.39, 0.29) is 52.0 Å². The number of anilines is 3. The number of thiophene rings is 1. The summed E-state index contributed by atoms with van der Waals surface area (Å²) in [5.41, 5.74) is 1.84. The van der Waals surface area contributed by atoms with E-state index in [1.165, 1.54) is 19.2 Å². The van der Waals surface area contributed by atoms with Crippen LogP contribution in [-0.4, -0.2) is 64.2 Å². The van der Waals surface area contributed by atoms with Gasteiger partial charge < -0.3 is 19.9 Å². The fraction of sp³-hybridized carbons (Fsp3) is 0.250. The Bertz CT molecular complexity index is 2160. The highest BCUT2D eigenvalue weighted by atomic mass is 35.5. The van der Waals surface area contributed by atoms with Crippen molar-refractivity contribution in [3.05, 3.63) is 83.4 Å². The van der Waals surface area contributed by atoms with Gasteiger partial charge in [0.2, 0.25) is 0 Å². The molecule has 9 nitrogen and oxygen atoms in total. The number of hydrogen-bond acceptors (Lipinski definition) is 9. The Balaban J connectivity index is 0.00000208. The molecule has 48 heavy (non-hydrogen) atoms. The number of ether oxygens (including phenoxy) is 1. The number of hydrogen-bond donors (Lipinski definition) is 1. The summed E-state index contributed by atoms with van der Waals surface area (Å²) in [6, 6.07) is 20.1. The van der Waals surface area contributed by atoms with E-state index in [1.807, 2.05) is 31.1 Å². The molecule has 1 N–H and O–H groups in total. The lowest BCUT2D eigenvalue weighted by Crippen LogP contribution is -2.43. The monoisotopic (exact) mass is 792 g/mol. The van der Waals surface area contributed by atoms with Crippen molar-refractivity contribution >= 4 is 118 Å². The van der Waals surface area contributed by atoms with Gasteiger partial charge in [-0.3, -0.25) is 0 Å². The molecule has 2 heterocycles. The Labute approximate surface area is 309 Å². The number of nitrogens with one attached hydrogen (secondary N) is 1. The lowest BCUT2D eigenvalue weighted by Gasteiger charge is -2.32. The predicted octanol–water partition coefficient (Wildman–Crippen LogP) is 7.35. The van der Waals surface area contributed by atoms with Crippen molar-refractivity contribution in [1.29, 1.82) is 0 Å². The molecule has 4 aromatic carbocycles. The molecule has 0 radical (unpaired) electrons. The molecule has 1 aliphatic heterocycles. The van der Waals surface area contributed by atoms with Crippen LogP contribution < -0.4 is 23.6 Å². The molecule has 16 heteroatoms. The van der Waals surface area contributed by atoms with Gasteiger partial charge in [-0.25, -0.2) is 0 Å². The summed E-state index contributed by atoms with van der Waals surface area (Å²) in [6.07, 6.45) is 0. The molecule has 1 saturated heterocycles. The molecule has 0 atom stereocenters. The van der Waals surface area contributed by atoms with Crippen LogP contribution in [0.2, 0.25) is 5.02 Å². The second-order valence-electron chi connectivity index (χ2n) is 11.0. The van der Waals surface area contributed by atoms with Crippen molar-refractivity contribution < 1.29 is 21.6 Å². The van der Waals surface area contributed by atoms with E-state index in [9.17, 15) is 16.8 Å². The van der Waals surface area contributed by atoms with Crippen LogP contribution in [0, 0.1) is 6.92 Å². The third kappa shape index (κ3) is 6.99. The van der Waals surface area contributed by atoms with Gasteiger partial charge in [-0.05, 0) is 66.4 Å². The predicted molar refractivity (Wildman–Crippen MR) is 207 cm³/mol. The first-order valence-corrected chi connectivity index (χ1v) is 18.3. The summed E-state index contributed by atoms with van der Waals surface area (Å²) in [5.74, 6) is 0.517. The van der Waals surface area contributed by atoms with Gasteiger partial charge in [-0.2, -0.15) is 20.5 Å². The van der Waals surface area contributed by atoms with Gasteiger partial charge in [0.05, 0.1) is 23.4 Å². The molecule has 0 aliphatic carbocycles. The zero-order chi connectivity index (χ0) is 32.1. The minimum Gasteiger partial charge on any atom is -0.495 e. The lowest BCUT2D eigenvalue weighted by molar-refractivity contribution is 0.413. The third-order valence-corrected chi connectivity index (χ3v) is 14.3. The number of halogens is 4. The SMILES string of the molecule is COc1ccc(N(S(=O)(=O)c2sc3ccc(Cl)cc3c2C)S(=O)(=O)c2cccc3c(N(C)C)cccc23)cc1N1CCNCC1.Cl.Cl.Cl.